The number of nitrogens with two attached hydrogens (primary N) is 1. The van der Waals surface area contributed by atoms with Crippen LogP contribution < -0.4 is 11.2 Å². The molecule has 94 valence electrons. The van der Waals surface area contributed by atoms with Crippen molar-refractivity contribution in [1.82, 2.24) is 5.48 Å². The van der Waals surface area contributed by atoms with Gasteiger partial charge in [0.05, 0.1) is 0 Å². The number of amides is 1. The molecular weight excluding hydrogens is 204 g/mol. The molecule has 0 spiro atoms. The minimum Gasteiger partial charge on any atom is -0.368 e. The van der Waals surface area contributed by atoms with Gasteiger partial charge in [-0.05, 0) is 30.1 Å². The third-order valence-corrected chi connectivity index (χ3v) is 3.02. The lowest BCUT2D eigenvalue weighted by atomic mass is 9.64. The van der Waals surface area contributed by atoms with E-state index < -0.39 is 5.91 Å². The maximum absolute atomic E-state index is 10.6. The van der Waals surface area contributed by atoms with E-state index in [-0.39, 0.29) is 6.61 Å². The highest BCUT2D eigenvalue weighted by Crippen LogP contribution is 2.45. The summed E-state index contributed by atoms with van der Waals surface area (Å²) in [5, 5.41) is 0. The fraction of sp³-hybridized carbons (Fsp3) is 0.917. The molecule has 1 aliphatic carbocycles. The molecular formula is C12H24N2O2. The van der Waals surface area contributed by atoms with Gasteiger partial charge in [-0.1, -0.05) is 27.7 Å². The topological polar surface area (TPSA) is 64.3 Å². The van der Waals surface area contributed by atoms with Crippen LogP contribution in [0.15, 0.2) is 0 Å². The second kappa shape index (κ2) is 4.72. The first kappa shape index (κ1) is 13.5. The first-order valence-corrected chi connectivity index (χ1v) is 5.86. The average Bonchev–Trinajstić information content (AvgIpc) is 1.96. The Balaban J connectivity index is 2.45. The number of hydrogen-bond acceptors (Lipinski definition) is 3. The smallest absolute Gasteiger partial charge is 0.245 e. The molecule has 0 aromatic carbocycles. The van der Waals surface area contributed by atoms with Crippen LogP contribution >= 0.6 is 0 Å². The van der Waals surface area contributed by atoms with Gasteiger partial charge in [-0.15, -0.1) is 0 Å². The summed E-state index contributed by atoms with van der Waals surface area (Å²) < 4.78 is 0. The normalized spacial score (nSPS) is 24.2. The fourth-order valence-corrected chi connectivity index (χ4v) is 3.16. The van der Waals surface area contributed by atoms with Crippen molar-refractivity contribution in [1.29, 1.82) is 0 Å². The predicted octanol–water partition coefficient (Wildman–Crippen LogP) is 1.60. The molecule has 0 aromatic rings. The number of nitrogens with one attached hydrogen (secondary N) is 1. The Bertz CT molecular complexity index is 246. The zero-order valence-corrected chi connectivity index (χ0v) is 10.8. The average molecular weight is 228 g/mol. The Morgan fingerprint density at radius 2 is 1.81 bits per heavy atom. The van der Waals surface area contributed by atoms with Gasteiger partial charge in [0.2, 0.25) is 5.91 Å². The standard InChI is InChI=1S/C12H24N2O2/c1-11(2)5-9(6-12(3,4)8-11)14-16-7-10(13)15/h9,14H,5-8H2,1-4H3,(H2,13,15). The van der Waals surface area contributed by atoms with Gasteiger partial charge in [0.15, 0.2) is 0 Å². The molecule has 16 heavy (non-hydrogen) atoms. The summed E-state index contributed by atoms with van der Waals surface area (Å²) in [7, 11) is 0. The summed E-state index contributed by atoms with van der Waals surface area (Å²) in [6.07, 6.45) is 3.35. The van der Waals surface area contributed by atoms with Gasteiger partial charge in [0, 0.05) is 6.04 Å². The Morgan fingerprint density at radius 3 is 2.25 bits per heavy atom. The third kappa shape index (κ3) is 4.49. The molecule has 0 saturated heterocycles. The van der Waals surface area contributed by atoms with Crippen molar-refractivity contribution in [3.8, 4) is 0 Å². The first-order chi connectivity index (χ1) is 7.20. The molecule has 4 nitrogen and oxygen atoms in total. The zero-order chi connectivity index (χ0) is 12.4. The molecule has 0 bridgehead atoms. The van der Waals surface area contributed by atoms with Gasteiger partial charge < -0.3 is 5.73 Å². The molecule has 3 N–H and O–H groups in total. The maximum Gasteiger partial charge on any atom is 0.245 e. The van der Waals surface area contributed by atoms with Crippen molar-refractivity contribution >= 4 is 5.91 Å². The van der Waals surface area contributed by atoms with E-state index in [1.54, 1.807) is 0 Å². The molecule has 0 aromatic heterocycles. The van der Waals surface area contributed by atoms with E-state index >= 15 is 0 Å². The summed E-state index contributed by atoms with van der Waals surface area (Å²) in [4.78, 5) is 15.6. The predicted molar refractivity (Wildman–Crippen MR) is 63.5 cm³/mol. The van der Waals surface area contributed by atoms with E-state index in [0.29, 0.717) is 16.9 Å². The van der Waals surface area contributed by atoms with Crippen molar-refractivity contribution in [3.63, 3.8) is 0 Å². The van der Waals surface area contributed by atoms with Crippen LogP contribution in [0.1, 0.15) is 47.0 Å². The molecule has 1 rings (SSSR count). The van der Waals surface area contributed by atoms with Crippen LogP contribution in [0.4, 0.5) is 0 Å². The zero-order valence-electron chi connectivity index (χ0n) is 10.8. The quantitative estimate of drug-likeness (QED) is 0.718. The molecule has 1 aliphatic rings. The van der Waals surface area contributed by atoms with Crippen LogP contribution in [0.25, 0.3) is 0 Å². The molecule has 1 saturated carbocycles. The van der Waals surface area contributed by atoms with Gasteiger partial charge in [0.1, 0.15) is 6.61 Å². The van der Waals surface area contributed by atoms with E-state index in [2.05, 4.69) is 33.2 Å². The molecule has 0 radical (unpaired) electrons. The number of hydrogen-bond donors (Lipinski definition) is 2. The fourth-order valence-electron chi connectivity index (χ4n) is 3.16. The van der Waals surface area contributed by atoms with E-state index in [9.17, 15) is 4.79 Å². The number of hydroxylamine groups is 1. The summed E-state index contributed by atoms with van der Waals surface area (Å²) >= 11 is 0. The molecule has 0 unspecified atom stereocenters. The second-order valence-electron chi connectivity index (χ2n) is 6.48. The summed E-state index contributed by atoms with van der Waals surface area (Å²) in [5.41, 5.74) is 8.60. The minimum atomic E-state index is -0.443. The van der Waals surface area contributed by atoms with E-state index in [4.69, 9.17) is 10.6 Å². The highest BCUT2D eigenvalue weighted by molar-refractivity contribution is 5.74. The van der Waals surface area contributed by atoms with E-state index in [0.717, 1.165) is 12.8 Å². The third-order valence-electron chi connectivity index (χ3n) is 3.02. The largest absolute Gasteiger partial charge is 0.368 e. The lowest BCUT2D eigenvalue weighted by Gasteiger charge is -2.44. The van der Waals surface area contributed by atoms with Crippen LogP contribution in [0, 0.1) is 10.8 Å². The lowest BCUT2D eigenvalue weighted by molar-refractivity contribution is -0.127. The summed E-state index contributed by atoms with van der Waals surface area (Å²) in [6.45, 7) is 9.04. The minimum absolute atomic E-state index is 0.0582. The van der Waals surface area contributed by atoms with E-state index in [1.165, 1.54) is 6.42 Å². The van der Waals surface area contributed by atoms with Gasteiger partial charge in [0.25, 0.3) is 0 Å². The van der Waals surface area contributed by atoms with Gasteiger partial charge >= 0.3 is 0 Å². The Labute approximate surface area is 97.9 Å². The van der Waals surface area contributed by atoms with Gasteiger partial charge in [-0.2, -0.15) is 5.48 Å². The number of carbonyl (C=O) groups is 1. The van der Waals surface area contributed by atoms with Crippen LogP contribution in [-0.4, -0.2) is 18.6 Å². The Hall–Kier alpha value is -0.610. The Morgan fingerprint density at radius 1 is 1.31 bits per heavy atom. The second-order valence-corrected chi connectivity index (χ2v) is 6.48. The Kier molecular flexibility index (Phi) is 3.97. The first-order valence-electron chi connectivity index (χ1n) is 5.86. The lowest BCUT2D eigenvalue weighted by Crippen LogP contribution is -2.44. The van der Waals surface area contributed by atoms with Gasteiger partial charge in [-0.3, -0.25) is 9.63 Å². The monoisotopic (exact) mass is 228 g/mol. The van der Waals surface area contributed by atoms with E-state index in [1.807, 2.05) is 0 Å². The van der Waals surface area contributed by atoms with Crippen LogP contribution in [0.3, 0.4) is 0 Å². The maximum atomic E-state index is 10.6. The highest BCUT2D eigenvalue weighted by atomic mass is 16.6. The van der Waals surface area contributed by atoms with Crippen LogP contribution in [0.2, 0.25) is 0 Å². The van der Waals surface area contributed by atoms with Gasteiger partial charge in [-0.25, -0.2) is 0 Å². The molecule has 1 fully saturated rings. The summed E-state index contributed by atoms with van der Waals surface area (Å²) in [6, 6.07) is 0.304. The van der Waals surface area contributed by atoms with Crippen molar-refractivity contribution in [2.24, 2.45) is 16.6 Å². The SMILES string of the molecule is CC1(C)CC(NOCC(N)=O)CC(C)(C)C1. The van der Waals surface area contributed by atoms with Crippen molar-refractivity contribution in [3.05, 3.63) is 0 Å². The summed E-state index contributed by atoms with van der Waals surface area (Å²) in [5.74, 6) is -0.443. The molecule has 0 aliphatic heterocycles. The van der Waals surface area contributed by atoms with Crippen LogP contribution in [0.5, 0.6) is 0 Å². The number of primary amides is 1. The van der Waals surface area contributed by atoms with Crippen molar-refractivity contribution in [2.45, 2.75) is 53.0 Å². The highest BCUT2D eigenvalue weighted by Gasteiger charge is 2.38. The van der Waals surface area contributed by atoms with Crippen LogP contribution in [-0.2, 0) is 9.63 Å². The number of rotatable bonds is 4. The molecule has 4 heteroatoms. The van der Waals surface area contributed by atoms with Crippen molar-refractivity contribution < 1.29 is 9.63 Å². The number of carbonyl (C=O) groups excluding carboxylic acids is 1. The molecule has 0 atom stereocenters. The molecule has 1 amide bonds. The van der Waals surface area contributed by atoms with Crippen molar-refractivity contribution in [2.75, 3.05) is 6.61 Å². The molecule has 0 heterocycles.